The van der Waals surface area contributed by atoms with Gasteiger partial charge in [-0.25, -0.2) is 4.79 Å². The molecule has 0 saturated heterocycles. The van der Waals surface area contributed by atoms with Gasteiger partial charge in [-0.2, -0.15) is 13.2 Å². The van der Waals surface area contributed by atoms with Crippen LogP contribution in [0.2, 0.25) is 0 Å². The van der Waals surface area contributed by atoms with E-state index in [1.807, 2.05) is 0 Å². The van der Waals surface area contributed by atoms with Crippen molar-refractivity contribution in [3.05, 3.63) is 12.3 Å². The molecular formula is C9H11F3O3. The topological polar surface area (TPSA) is 35.5 Å². The molecule has 1 atom stereocenters. The number of carbonyl (C=O) groups is 1. The van der Waals surface area contributed by atoms with Gasteiger partial charge >= 0.3 is 12.1 Å². The van der Waals surface area contributed by atoms with Crippen LogP contribution in [0.25, 0.3) is 0 Å². The van der Waals surface area contributed by atoms with Gasteiger partial charge in [-0.1, -0.05) is 0 Å². The monoisotopic (exact) mass is 224 g/mol. The average molecular weight is 224 g/mol. The van der Waals surface area contributed by atoms with Crippen molar-refractivity contribution < 1.29 is 27.4 Å². The molecule has 1 rings (SSSR count). The van der Waals surface area contributed by atoms with Crippen molar-refractivity contribution in [1.82, 2.24) is 0 Å². The van der Waals surface area contributed by atoms with E-state index in [1.165, 1.54) is 0 Å². The molecule has 0 amide bonds. The van der Waals surface area contributed by atoms with Gasteiger partial charge < -0.3 is 9.47 Å². The third kappa shape index (κ3) is 2.87. The third-order valence-electron chi connectivity index (χ3n) is 2.28. The normalized spacial score (nSPS) is 28.4. The minimum Gasteiger partial charge on any atom is -0.500 e. The molecular weight excluding hydrogens is 213 g/mol. The fourth-order valence-corrected chi connectivity index (χ4v) is 1.06. The number of halogens is 3. The molecule has 1 unspecified atom stereocenters. The summed E-state index contributed by atoms with van der Waals surface area (Å²) in [5, 5.41) is 0. The van der Waals surface area contributed by atoms with E-state index in [0.717, 1.165) is 19.3 Å². The molecule has 0 aliphatic carbocycles. The number of hydrogen-bond donors (Lipinski definition) is 0. The van der Waals surface area contributed by atoms with E-state index in [0.29, 0.717) is 0 Å². The molecule has 1 aliphatic rings. The molecule has 15 heavy (non-hydrogen) atoms. The van der Waals surface area contributed by atoms with Crippen molar-refractivity contribution in [3.63, 3.8) is 0 Å². The lowest BCUT2D eigenvalue weighted by molar-refractivity contribution is -0.234. The molecule has 0 fully saturated rings. The largest absolute Gasteiger partial charge is 0.500 e. The summed E-state index contributed by atoms with van der Waals surface area (Å²) < 4.78 is 47.1. The number of carbonyl (C=O) groups excluding carboxylic acids is 1. The van der Waals surface area contributed by atoms with Crippen LogP contribution in [0.15, 0.2) is 12.3 Å². The number of alkyl halides is 3. The van der Waals surface area contributed by atoms with E-state index in [4.69, 9.17) is 0 Å². The van der Waals surface area contributed by atoms with Gasteiger partial charge in [0, 0.05) is 0 Å². The van der Waals surface area contributed by atoms with Crippen LogP contribution in [0.1, 0.15) is 13.3 Å². The predicted molar refractivity (Wildman–Crippen MR) is 44.8 cm³/mol. The zero-order valence-electron chi connectivity index (χ0n) is 8.13. The molecule has 1 heterocycles. The summed E-state index contributed by atoms with van der Waals surface area (Å²) in [5.74, 6) is -0.693. The van der Waals surface area contributed by atoms with Gasteiger partial charge in [0.05, 0.1) is 18.9 Å². The Hall–Kier alpha value is -1.20. The van der Waals surface area contributed by atoms with Gasteiger partial charge in [0.15, 0.2) is 0 Å². The van der Waals surface area contributed by atoms with E-state index < -0.39 is 24.2 Å². The number of ether oxygens (including phenoxy) is 2. The van der Waals surface area contributed by atoms with Crippen LogP contribution in [0.5, 0.6) is 0 Å². The highest BCUT2D eigenvalue weighted by Crippen LogP contribution is 2.41. The Morgan fingerprint density at radius 3 is 2.73 bits per heavy atom. The summed E-state index contributed by atoms with van der Waals surface area (Å²) in [6.07, 6.45) is -2.79. The van der Waals surface area contributed by atoms with Crippen LogP contribution >= 0.6 is 0 Å². The number of esters is 1. The summed E-state index contributed by atoms with van der Waals surface area (Å²) in [5.41, 5.74) is -1.98. The highest BCUT2D eigenvalue weighted by atomic mass is 19.4. The first-order chi connectivity index (χ1) is 6.85. The van der Waals surface area contributed by atoms with Gasteiger partial charge in [0.25, 0.3) is 0 Å². The van der Waals surface area contributed by atoms with Crippen molar-refractivity contribution in [2.24, 2.45) is 5.41 Å². The zero-order chi connectivity index (χ0) is 11.5. The lowest BCUT2D eigenvalue weighted by atomic mass is 9.87. The molecule has 0 spiro atoms. The maximum atomic E-state index is 12.6. The lowest BCUT2D eigenvalue weighted by Gasteiger charge is -2.30. The first-order valence-corrected chi connectivity index (χ1v) is 4.37. The van der Waals surface area contributed by atoms with Crippen LogP contribution in [0.3, 0.4) is 0 Å². The number of hydrogen-bond acceptors (Lipinski definition) is 3. The Balaban J connectivity index is 2.76. The Bertz CT molecular complexity index is 272. The number of rotatable bonds is 0. The van der Waals surface area contributed by atoms with Crippen LogP contribution in [-0.2, 0) is 14.3 Å². The maximum absolute atomic E-state index is 12.6. The Morgan fingerprint density at radius 1 is 1.47 bits per heavy atom. The van der Waals surface area contributed by atoms with Gasteiger partial charge in [-0.3, -0.25) is 0 Å². The summed E-state index contributed by atoms with van der Waals surface area (Å²) in [6, 6.07) is 0. The standard InChI is InChI=1S/C9H11F3O3/c1-8(9(10,11)12)3-5-15-7(13)2-4-14-6-8/h2,4H,3,5-6H2,1H3. The molecule has 0 saturated carbocycles. The van der Waals surface area contributed by atoms with Crippen LogP contribution < -0.4 is 0 Å². The highest BCUT2D eigenvalue weighted by Gasteiger charge is 2.51. The predicted octanol–water partition coefficient (Wildman–Crippen LogP) is 2.03. The Labute approximate surface area is 84.8 Å². The van der Waals surface area contributed by atoms with E-state index in [1.54, 1.807) is 0 Å². The molecule has 0 bridgehead atoms. The average Bonchev–Trinajstić information content (AvgIpc) is 2.17. The van der Waals surface area contributed by atoms with Crippen LogP contribution in [-0.4, -0.2) is 25.4 Å². The maximum Gasteiger partial charge on any atom is 0.397 e. The minimum atomic E-state index is -4.38. The SMILES string of the molecule is CC1(C(F)(F)F)CCOC(=O)C=COC1. The second-order valence-electron chi connectivity index (χ2n) is 3.59. The Kier molecular flexibility index (Phi) is 3.26. The quantitative estimate of drug-likeness (QED) is 0.590. The molecule has 0 aromatic rings. The van der Waals surface area contributed by atoms with E-state index in [9.17, 15) is 18.0 Å². The molecule has 1 aliphatic heterocycles. The van der Waals surface area contributed by atoms with E-state index in [-0.39, 0.29) is 13.0 Å². The van der Waals surface area contributed by atoms with Crippen molar-refractivity contribution in [2.75, 3.05) is 13.2 Å². The molecule has 0 aromatic carbocycles. The van der Waals surface area contributed by atoms with Crippen molar-refractivity contribution >= 4 is 5.97 Å². The molecule has 6 heteroatoms. The molecule has 0 N–H and O–H groups in total. The minimum absolute atomic E-state index is 0.261. The molecule has 0 radical (unpaired) electrons. The summed E-state index contributed by atoms with van der Waals surface area (Å²) in [7, 11) is 0. The smallest absolute Gasteiger partial charge is 0.397 e. The zero-order valence-corrected chi connectivity index (χ0v) is 8.13. The van der Waals surface area contributed by atoms with Gasteiger partial charge in [0.2, 0.25) is 0 Å². The summed E-state index contributed by atoms with van der Waals surface area (Å²) >= 11 is 0. The molecule has 3 nitrogen and oxygen atoms in total. The van der Waals surface area contributed by atoms with Crippen molar-refractivity contribution in [2.45, 2.75) is 19.5 Å². The van der Waals surface area contributed by atoms with Crippen molar-refractivity contribution in [3.8, 4) is 0 Å². The van der Waals surface area contributed by atoms with Crippen molar-refractivity contribution in [1.29, 1.82) is 0 Å². The van der Waals surface area contributed by atoms with E-state index >= 15 is 0 Å². The first-order valence-electron chi connectivity index (χ1n) is 4.37. The van der Waals surface area contributed by atoms with Crippen LogP contribution in [0.4, 0.5) is 13.2 Å². The highest BCUT2D eigenvalue weighted by molar-refractivity contribution is 5.81. The van der Waals surface area contributed by atoms with Gasteiger partial charge in [-0.05, 0) is 13.3 Å². The second kappa shape index (κ2) is 4.12. The first kappa shape index (κ1) is 11.9. The lowest BCUT2D eigenvalue weighted by Crippen LogP contribution is -2.40. The van der Waals surface area contributed by atoms with Gasteiger partial charge in [0.1, 0.15) is 12.0 Å². The van der Waals surface area contributed by atoms with Gasteiger partial charge in [-0.15, -0.1) is 0 Å². The molecule has 86 valence electrons. The summed E-state index contributed by atoms with van der Waals surface area (Å²) in [6.45, 7) is 0.270. The number of cyclic esters (lactones) is 1. The Morgan fingerprint density at radius 2 is 2.13 bits per heavy atom. The second-order valence-corrected chi connectivity index (χ2v) is 3.59. The summed E-state index contributed by atoms with van der Waals surface area (Å²) in [4.78, 5) is 10.8. The third-order valence-corrected chi connectivity index (χ3v) is 2.28. The fourth-order valence-electron chi connectivity index (χ4n) is 1.06. The molecule has 0 aromatic heterocycles. The van der Waals surface area contributed by atoms with Crippen LogP contribution in [0, 0.1) is 5.41 Å². The fraction of sp³-hybridized carbons (Fsp3) is 0.667. The van der Waals surface area contributed by atoms with E-state index in [2.05, 4.69) is 9.47 Å².